The summed E-state index contributed by atoms with van der Waals surface area (Å²) in [4.78, 5) is 21.4. The van der Waals surface area contributed by atoms with Crippen LogP contribution in [0.15, 0.2) is 47.4 Å². The highest BCUT2D eigenvalue weighted by molar-refractivity contribution is 7.92. The Morgan fingerprint density at radius 1 is 1.09 bits per heavy atom. The molecule has 10 heteroatoms. The zero-order valence-electron chi connectivity index (χ0n) is 19.1. The molecule has 1 amide bonds. The smallest absolute Gasteiger partial charge is 0.289 e. The van der Waals surface area contributed by atoms with E-state index >= 15 is 0 Å². The molecule has 0 unspecified atom stereocenters. The molecule has 4 rings (SSSR count). The van der Waals surface area contributed by atoms with Crippen molar-refractivity contribution < 1.29 is 26.4 Å². The SMILES string of the molecule is CC(F)(F)c1cccc(S(=O)(=O)C(C)(C)C2CCN(C(=O)c3nc4ccc(F)cc4[nH]3)CC2)c1. The molecular formula is C24H26F3N3O3S. The van der Waals surface area contributed by atoms with Crippen molar-refractivity contribution in [2.24, 2.45) is 5.92 Å². The van der Waals surface area contributed by atoms with Crippen LogP contribution < -0.4 is 0 Å². The third-order valence-corrected chi connectivity index (χ3v) is 9.35. The van der Waals surface area contributed by atoms with Crippen molar-refractivity contribution >= 4 is 26.8 Å². The molecule has 0 spiro atoms. The second-order valence-corrected chi connectivity index (χ2v) is 11.9. The third-order valence-electron chi connectivity index (χ3n) is 6.76. The maximum Gasteiger partial charge on any atom is 0.289 e. The number of nitrogens with zero attached hydrogens (tertiary/aromatic N) is 2. The normalized spacial score (nSPS) is 16.2. The number of halogens is 3. The molecule has 0 bridgehead atoms. The van der Waals surface area contributed by atoms with Crippen molar-refractivity contribution in [1.82, 2.24) is 14.9 Å². The molecule has 0 saturated carbocycles. The molecule has 3 aromatic rings. The van der Waals surface area contributed by atoms with Gasteiger partial charge in [-0.1, -0.05) is 12.1 Å². The second-order valence-electron chi connectivity index (χ2n) is 9.34. The van der Waals surface area contributed by atoms with Crippen LogP contribution in [0.3, 0.4) is 0 Å². The Morgan fingerprint density at radius 3 is 2.41 bits per heavy atom. The molecule has 34 heavy (non-hydrogen) atoms. The fraction of sp³-hybridized carbons (Fsp3) is 0.417. The fourth-order valence-corrected chi connectivity index (χ4v) is 6.29. The molecule has 1 N–H and O–H groups in total. The summed E-state index contributed by atoms with van der Waals surface area (Å²) in [5.74, 6) is -4.11. The van der Waals surface area contributed by atoms with Gasteiger partial charge in [0, 0.05) is 25.6 Å². The average Bonchev–Trinajstić information content (AvgIpc) is 3.21. The Hall–Kier alpha value is -2.88. The van der Waals surface area contributed by atoms with Crippen LogP contribution in [0, 0.1) is 11.7 Å². The van der Waals surface area contributed by atoms with Gasteiger partial charge in [-0.2, -0.15) is 0 Å². The van der Waals surface area contributed by atoms with E-state index in [4.69, 9.17) is 0 Å². The lowest BCUT2D eigenvalue weighted by molar-refractivity contribution is 0.0172. The molecule has 1 fully saturated rings. The van der Waals surface area contributed by atoms with Gasteiger partial charge in [-0.3, -0.25) is 4.79 Å². The first-order chi connectivity index (χ1) is 15.8. The summed E-state index contributed by atoms with van der Waals surface area (Å²) >= 11 is 0. The number of alkyl halides is 2. The number of amides is 1. The lowest BCUT2D eigenvalue weighted by Crippen LogP contribution is -2.47. The van der Waals surface area contributed by atoms with Crippen LogP contribution in [0.1, 0.15) is 49.8 Å². The molecule has 0 atom stereocenters. The molecule has 0 radical (unpaired) electrons. The number of nitrogens with one attached hydrogen (secondary N) is 1. The monoisotopic (exact) mass is 493 g/mol. The minimum atomic E-state index is -3.92. The van der Waals surface area contributed by atoms with Crippen molar-refractivity contribution in [3.8, 4) is 0 Å². The molecule has 1 aliphatic heterocycles. The summed E-state index contributed by atoms with van der Waals surface area (Å²) in [7, 11) is -3.92. The lowest BCUT2D eigenvalue weighted by Gasteiger charge is -2.40. The highest BCUT2D eigenvalue weighted by Gasteiger charge is 2.44. The predicted molar refractivity (Wildman–Crippen MR) is 122 cm³/mol. The molecule has 182 valence electrons. The van der Waals surface area contributed by atoms with Crippen LogP contribution in [0.4, 0.5) is 13.2 Å². The van der Waals surface area contributed by atoms with Crippen LogP contribution in [0.5, 0.6) is 0 Å². The molecular weight excluding hydrogens is 467 g/mol. The lowest BCUT2D eigenvalue weighted by atomic mass is 9.86. The van der Waals surface area contributed by atoms with E-state index in [-0.39, 0.29) is 28.1 Å². The summed E-state index contributed by atoms with van der Waals surface area (Å²) in [5, 5.41) is 0. The molecule has 1 aromatic heterocycles. The van der Waals surface area contributed by atoms with Crippen molar-refractivity contribution in [3.05, 3.63) is 59.7 Å². The van der Waals surface area contributed by atoms with E-state index in [2.05, 4.69) is 9.97 Å². The average molecular weight is 494 g/mol. The minimum absolute atomic E-state index is 0.100. The van der Waals surface area contributed by atoms with Gasteiger partial charge in [0.05, 0.1) is 20.7 Å². The number of aromatic nitrogens is 2. The zero-order chi connectivity index (χ0) is 24.9. The van der Waals surface area contributed by atoms with Crippen LogP contribution in [-0.2, 0) is 15.8 Å². The third kappa shape index (κ3) is 4.31. The molecule has 6 nitrogen and oxygen atoms in total. The van der Waals surface area contributed by atoms with Crippen molar-refractivity contribution in [3.63, 3.8) is 0 Å². The van der Waals surface area contributed by atoms with Gasteiger partial charge in [-0.15, -0.1) is 0 Å². The number of fused-ring (bicyclic) bond motifs is 1. The van der Waals surface area contributed by atoms with Gasteiger partial charge in [0.1, 0.15) is 5.82 Å². The predicted octanol–water partition coefficient (Wildman–Crippen LogP) is 4.92. The number of likely N-dealkylation sites (tertiary alicyclic amines) is 1. The number of rotatable bonds is 5. The maximum atomic E-state index is 13.8. The van der Waals surface area contributed by atoms with Gasteiger partial charge < -0.3 is 9.88 Å². The van der Waals surface area contributed by atoms with Gasteiger partial charge >= 0.3 is 0 Å². The van der Waals surface area contributed by atoms with Crippen LogP contribution >= 0.6 is 0 Å². The van der Waals surface area contributed by atoms with Crippen LogP contribution in [0.25, 0.3) is 11.0 Å². The number of benzene rings is 2. The second kappa shape index (κ2) is 8.41. The van der Waals surface area contributed by atoms with E-state index in [1.54, 1.807) is 18.7 Å². The number of imidazole rings is 1. The first kappa shape index (κ1) is 24.3. The van der Waals surface area contributed by atoms with Gasteiger partial charge in [0.15, 0.2) is 15.7 Å². The van der Waals surface area contributed by atoms with Gasteiger partial charge in [-0.05, 0) is 62.9 Å². The van der Waals surface area contributed by atoms with Gasteiger partial charge in [0.25, 0.3) is 11.8 Å². The topological polar surface area (TPSA) is 83.1 Å². The number of H-pyrrole nitrogens is 1. The highest BCUT2D eigenvalue weighted by atomic mass is 32.2. The quantitative estimate of drug-likeness (QED) is 0.547. The minimum Gasteiger partial charge on any atom is -0.336 e. The summed E-state index contributed by atoms with van der Waals surface area (Å²) in [6, 6.07) is 8.94. The number of sulfone groups is 1. The van der Waals surface area contributed by atoms with Crippen LogP contribution in [-0.4, -0.2) is 47.0 Å². The van der Waals surface area contributed by atoms with E-state index in [0.717, 1.165) is 13.0 Å². The number of piperidine rings is 1. The number of hydrogen-bond acceptors (Lipinski definition) is 4. The Kier molecular flexibility index (Phi) is 6.00. The fourth-order valence-electron chi connectivity index (χ4n) is 4.47. The number of hydrogen-bond donors (Lipinski definition) is 1. The number of carbonyl (C=O) groups excluding carboxylic acids is 1. The van der Waals surface area contributed by atoms with E-state index in [1.165, 1.54) is 36.4 Å². The number of aromatic amines is 1. The Labute approximate surface area is 196 Å². The van der Waals surface area contributed by atoms with E-state index in [0.29, 0.717) is 37.0 Å². The Balaban J connectivity index is 1.49. The molecule has 1 saturated heterocycles. The zero-order valence-corrected chi connectivity index (χ0v) is 19.9. The summed E-state index contributed by atoms with van der Waals surface area (Å²) in [5.41, 5.74) is 0.549. The Bertz CT molecular complexity index is 1340. The van der Waals surface area contributed by atoms with Crippen LogP contribution in [0.2, 0.25) is 0 Å². The standard InChI is InChI=1S/C24H26F3N3O3S/c1-23(2,34(32,33)18-6-4-5-16(13-18)24(3,26)27)15-9-11-30(12-10-15)22(31)21-28-19-8-7-17(25)14-20(19)29-21/h4-8,13-15H,9-12H2,1-3H3,(H,28,29). The molecule has 2 aromatic carbocycles. The van der Waals surface area contributed by atoms with Crippen molar-refractivity contribution in [2.75, 3.05) is 13.1 Å². The Morgan fingerprint density at radius 2 is 1.76 bits per heavy atom. The first-order valence-electron chi connectivity index (χ1n) is 11.0. The van der Waals surface area contributed by atoms with E-state index in [9.17, 15) is 26.4 Å². The number of carbonyl (C=O) groups is 1. The molecule has 0 aliphatic carbocycles. The van der Waals surface area contributed by atoms with Crippen molar-refractivity contribution in [1.29, 1.82) is 0 Å². The summed E-state index contributed by atoms with van der Waals surface area (Å²) < 4.78 is 66.6. The van der Waals surface area contributed by atoms with E-state index < -0.39 is 26.3 Å². The maximum absolute atomic E-state index is 13.8. The van der Waals surface area contributed by atoms with Gasteiger partial charge in [0.2, 0.25) is 0 Å². The molecule has 1 aliphatic rings. The van der Waals surface area contributed by atoms with Gasteiger partial charge in [-0.25, -0.2) is 26.6 Å². The first-order valence-corrected chi connectivity index (χ1v) is 12.5. The molecule has 2 heterocycles. The summed E-state index contributed by atoms with van der Waals surface area (Å²) in [6.45, 7) is 4.58. The summed E-state index contributed by atoms with van der Waals surface area (Å²) in [6.07, 6.45) is 0.854. The van der Waals surface area contributed by atoms with E-state index in [1.807, 2.05) is 0 Å². The highest BCUT2D eigenvalue weighted by Crippen LogP contribution is 2.39. The largest absolute Gasteiger partial charge is 0.336 e. The van der Waals surface area contributed by atoms with Crippen molar-refractivity contribution in [2.45, 2.75) is 49.2 Å².